The summed E-state index contributed by atoms with van der Waals surface area (Å²) < 4.78 is 35.7. The number of hydrogen-bond donors (Lipinski definition) is 0. The van der Waals surface area contributed by atoms with Gasteiger partial charge in [-0.2, -0.15) is 0 Å². The Morgan fingerprint density at radius 1 is 1.21 bits per heavy atom. The maximum Gasteiger partial charge on any atom is 0.413 e. The number of carbonyl (C=O) groups excluding carboxylic acids is 1. The van der Waals surface area contributed by atoms with Crippen LogP contribution < -0.4 is 0 Å². The lowest BCUT2D eigenvalue weighted by molar-refractivity contribution is -0.0610. The van der Waals surface area contributed by atoms with E-state index >= 15 is 0 Å². The van der Waals surface area contributed by atoms with Crippen LogP contribution in [0.1, 0.15) is 69.2 Å². The van der Waals surface area contributed by atoms with Crippen molar-refractivity contribution in [2.75, 3.05) is 12.8 Å². The van der Waals surface area contributed by atoms with Crippen LogP contribution >= 0.6 is 7.60 Å². The quantitative estimate of drug-likeness (QED) is 0.409. The van der Waals surface area contributed by atoms with Crippen molar-refractivity contribution in [2.45, 2.75) is 98.8 Å². The van der Waals surface area contributed by atoms with Crippen LogP contribution in [0.3, 0.4) is 0 Å². The molecule has 1 aliphatic rings. The van der Waals surface area contributed by atoms with Gasteiger partial charge in [0, 0.05) is 0 Å². The summed E-state index contributed by atoms with van der Waals surface area (Å²) in [5.74, 6) is 0. The highest BCUT2D eigenvalue weighted by Crippen LogP contribution is 2.52. The Morgan fingerprint density at radius 3 is 2.14 bits per heavy atom. The molecule has 1 aliphatic heterocycles. The van der Waals surface area contributed by atoms with Gasteiger partial charge in [-0.05, 0) is 69.2 Å². The van der Waals surface area contributed by atoms with E-state index in [9.17, 15) is 9.36 Å². The summed E-state index contributed by atoms with van der Waals surface area (Å²) in [5, 5.41) is 0. The van der Waals surface area contributed by atoms with Gasteiger partial charge in [-0.3, -0.25) is 9.46 Å². The van der Waals surface area contributed by atoms with Gasteiger partial charge in [-0.15, -0.1) is 0 Å². The lowest BCUT2D eigenvalue weighted by atomic mass is 10.1. The predicted molar refractivity (Wildman–Crippen MR) is 111 cm³/mol. The standard InChI is InChI=1S/C20H38NO6P/c1-14(2)26-28(23,27-15(3)4)13-16(5)11-17-12-24-20(9,10)21(17)18(22)25-19(6,7)8/h11,14-15,17H,12-13H2,1-10H3/t17-/m1/s1. The molecule has 1 rings (SSSR count). The van der Waals surface area contributed by atoms with Crippen LogP contribution in [0.4, 0.5) is 4.79 Å². The van der Waals surface area contributed by atoms with E-state index in [0.29, 0.717) is 6.61 Å². The summed E-state index contributed by atoms with van der Waals surface area (Å²) in [7, 11) is -3.30. The van der Waals surface area contributed by atoms with Crippen molar-refractivity contribution in [1.82, 2.24) is 4.90 Å². The molecule has 1 atom stereocenters. The van der Waals surface area contributed by atoms with Crippen molar-refractivity contribution < 1.29 is 27.9 Å². The molecular formula is C20H38NO6P. The van der Waals surface area contributed by atoms with E-state index in [-0.39, 0.29) is 24.4 Å². The van der Waals surface area contributed by atoms with E-state index in [1.807, 2.05) is 75.3 Å². The number of rotatable bonds is 7. The van der Waals surface area contributed by atoms with E-state index in [1.165, 1.54) is 0 Å². The Balaban J connectivity index is 3.04. The average Bonchev–Trinajstić information content (AvgIpc) is 2.68. The van der Waals surface area contributed by atoms with Gasteiger partial charge in [0.15, 0.2) is 0 Å². The highest BCUT2D eigenvalue weighted by molar-refractivity contribution is 7.54. The summed E-state index contributed by atoms with van der Waals surface area (Å²) in [5.41, 5.74) is -0.592. The lowest BCUT2D eigenvalue weighted by Crippen LogP contribution is -2.49. The van der Waals surface area contributed by atoms with Gasteiger partial charge in [-0.1, -0.05) is 11.6 Å². The zero-order valence-electron chi connectivity index (χ0n) is 19.1. The van der Waals surface area contributed by atoms with Gasteiger partial charge < -0.3 is 18.5 Å². The van der Waals surface area contributed by atoms with Crippen molar-refractivity contribution in [1.29, 1.82) is 0 Å². The molecule has 0 bridgehead atoms. The Labute approximate surface area is 170 Å². The van der Waals surface area contributed by atoms with Gasteiger partial charge in [0.05, 0.1) is 31.0 Å². The second-order valence-electron chi connectivity index (χ2n) is 9.27. The van der Waals surface area contributed by atoms with Crippen LogP contribution in [0.5, 0.6) is 0 Å². The van der Waals surface area contributed by atoms with Crippen molar-refractivity contribution in [2.24, 2.45) is 0 Å². The maximum absolute atomic E-state index is 13.1. The Bertz CT molecular complexity index is 607. The van der Waals surface area contributed by atoms with E-state index in [1.54, 1.807) is 4.90 Å². The minimum absolute atomic E-state index is 0.155. The van der Waals surface area contributed by atoms with E-state index in [4.69, 9.17) is 18.5 Å². The van der Waals surface area contributed by atoms with Gasteiger partial charge >= 0.3 is 13.7 Å². The van der Waals surface area contributed by atoms with Crippen LogP contribution in [0.15, 0.2) is 11.6 Å². The summed E-state index contributed by atoms with van der Waals surface area (Å²) in [6, 6.07) is -0.323. The fraction of sp³-hybridized carbons (Fsp3) is 0.850. The normalized spacial score (nSPS) is 20.9. The second-order valence-corrected chi connectivity index (χ2v) is 11.2. The molecule has 0 aliphatic carbocycles. The van der Waals surface area contributed by atoms with Crippen molar-refractivity contribution in [3.63, 3.8) is 0 Å². The number of amides is 1. The van der Waals surface area contributed by atoms with Crippen LogP contribution in [0, 0.1) is 0 Å². The third kappa shape index (κ3) is 7.86. The SMILES string of the molecule is CC(=C[C@@H]1COC(C)(C)N1C(=O)OC(C)(C)C)CP(=O)(OC(C)C)OC(C)C. The highest BCUT2D eigenvalue weighted by Gasteiger charge is 2.45. The summed E-state index contributed by atoms with van der Waals surface area (Å²) in [6.45, 7) is 18.6. The largest absolute Gasteiger partial charge is 0.444 e. The first-order chi connectivity index (χ1) is 12.5. The molecule has 1 saturated heterocycles. The number of nitrogens with zero attached hydrogens (tertiary/aromatic N) is 1. The molecule has 7 nitrogen and oxygen atoms in total. The van der Waals surface area contributed by atoms with Crippen LogP contribution in [0.2, 0.25) is 0 Å². The zero-order chi connectivity index (χ0) is 21.9. The third-order valence-electron chi connectivity index (χ3n) is 3.77. The first kappa shape index (κ1) is 25.2. The minimum atomic E-state index is -3.30. The first-order valence-corrected chi connectivity index (χ1v) is 11.6. The molecule has 0 aromatic carbocycles. The molecule has 0 unspecified atom stereocenters. The van der Waals surface area contributed by atoms with Crippen LogP contribution in [-0.2, 0) is 23.1 Å². The monoisotopic (exact) mass is 419 g/mol. The highest BCUT2D eigenvalue weighted by atomic mass is 31.2. The van der Waals surface area contributed by atoms with Crippen LogP contribution in [0.25, 0.3) is 0 Å². The van der Waals surface area contributed by atoms with Gasteiger partial charge in [0.2, 0.25) is 0 Å². The number of ether oxygens (including phenoxy) is 2. The molecule has 0 N–H and O–H groups in total. The number of hydrogen-bond acceptors (Lipinski definition) is 6. The molecule has 0 aromatic rings. The molecular weight excluding hydrogens is 381 g/mol. The predicted octanol–water partition coefficient (Wildman–Crippen LogP) is 5.35. The van der Waals surface area contributed by atoms with E-state index in [2.05, 4.69) is 0 Å². The Hall–Kier alpha value is -0.880. The smallest absolute Gasteiger partial charge is 0.413 e. The van der Waals surface area contributed by atoms with Crippen molar-refractivity contribution in [3.8, 4) is 0 Å². The van der Waals surface area contributed by atoms with E-state index in [0.717, 1.165) is 5.57 Å². The maximum atomic E-state index is 13.1. The average molecular weight is 419 g/mol. The summed E-state index contributed by atoms with van der Waals surface area (Å²) >= 11 is 0. The Kier molecular flexibility index (Phi) is 8.35. The topological polar surface area (TPSA) is 74.3 Å². The fourth-order valence-electron chi connectivity index (χ4n) is 3.05. The van der Waals surface area contributed by atoms with Crippen molar-refractivity contribution in [3.05, 3.63) is 11.6 Å². The molecule has 1 heterocycles. The van der Waals surface area contributed by atoms with Gasteiger partial charge in [0.25, 0.3) is 0 Å². The third-order valence-corrected chi connectivity index (χ3v) is 6.14. The van der Waals surface area contributed by atoms with Gasteiger partial charge in [0.1, 0.15) is 11.3 Å². The minimum Gasteiger partial charge on any atom is -0.444 e. The summed E-state index contributed by atoms with van der Waals surface area (Å²) in [4.78, 5) is 14.3. The first-order valence-electron chi connectivity index (χ1n) is 9.84. The molecule has 164 valence electrons. The Morgan fingerprint density at radius 2 is 1.71 bits per heavy atom. The molecule has 0 spiro atoms. The van der Waals surface area contributed by atoms with Crippen LogP contribution in [-0.4, -0.2) is 53.3 Å². The fourth-order valence-corrected chi connectivity index (χ4v) is 5.25. The number of carbonyl (C=O) groups is 1. The van der Waals surface area contributed by atoms with Crippen molar-refractivity contribution >= 4 is 13.7 Å². The number of allylic oxidation sites excluding steroid dienone is 1. The molecule has 1 fully saturated rings. The molecule has 8 heteroatoms. The molecule has 0 aromatic heterocycles. The molecule has 1 amide bonds. The molecule has 28 heavy (non-hydrogen) atoms. The van der Waals surface area contributed by atoms with Gasteiger partial charge in [-0.25, -0.2) is 4.79 Å². The molecule has 0 saturated carbocycles. The second kappa shape index (κ2) is 9.29. The molecule has 0 radical (unpaired) electrons. The van der Waals surface area contributed by atoms with E-state index < -0.39 is 25.0 Å². The zero-order valence-corrected chi connectivity index (χ0v) is 20.0. The summed E-state index contributed by atoms with van der Waals surface area (Å²) in [6.07, 6.45) is 1.17. The lowest BCUT2D eigenvalue weighted by Gasteiger charge is -2.34.